The lowest BCUT2D eigenvalue weighted by Gasteiger charge is -2.52. The molecule has 1 aromatic heterocycles. The molecular weight excluding hydrogens is 420 g/mol. The zero-order valence-corrected chi connectivity index (χ0v) is 20.3. The molecule has 0 radical (unpaired) electrons. The fourth-order valence-electron chi connectivity index (χ4n) is 6.15. The number of amides is 2. The largest absolute Gasteiger partial charge is 0.391 e. The minimum absolute atomic E-state index is 0.152. The van der Waals surface area contributed by atoms with Gasteiger partial charge in [-0.3, -0.25) is 9.59 Å². The number of hydrogen-bond donors (Lipinski definition) is 2. The van der Waals surface area contributed by atoms with Gasteiger partial charge in [0.05, 0.1) is 17.3 Å². The number of β-amino-alcohol motifs (C(OH)–C–C–N with tert-alkyl or cyclic N) is 1. The van der Waals surface area contributed by atoms with Crippen molar-refractivity contribution >= 4 is 11.8 Å². The number of aromatic nitrogens is 3. The average Bonchev–Trinajstić information content (AvgIpc) is 3.34. The van der Waals surface area contributed by atoms with E-state index in [9.17, 15) is 14.7 Å². The van der Waals surface area contributed by atoms with Gasteiger partial charge in [0.15, 0.2) is 0 Å². The second-order valence-corrected chi connectivity index (χ2v) is 12.0. The molecule has 4 aliphatic heterocycles. The summed E-state index contributed by atoms with van der Waals surface area (Å²) in [4.78, 5) is 31.4. The third-order valence-corrected chi connectivity index (χ3v) is 8.16. The van der Waals surface area contributed by atoms with Crippen LogP contribution in [0, 0.1) is 11.3 Å². The number of carbonyl (C=O) groups excluding carboxylic acids is 2. The molecule has 0 aromatic carbocycles. The SMILES string of the molecule is CC1(NC(=O)C2CC(O)CN2C(=O)[C@@H](n2cc(C3CC3)nn2)C(C)(C)C)CN2CCC1CC2. The first-order valence-electron chi connectivity index (χ1n) is 12.5. The van der Waals surface area contributed by atoms with Gasteiger partial charge in [-0.25, -0.2) is 4.68 Å². The van der Waals surface area contributed by atoms with Crippen LogP contribution in [0.2, 0.25) is 0 Å². The lowest BCUT2D eigenvalue weighted by Crippen LogP contribution is -2.67. The molecule has 6 rings (SSSR count). The molecular formula is C24H38N6O3. The van der Waals surface area contributed by atoms with Crippen LogP contribution in [0.5, 0.6) is 0 Å². The van der Waals surface area contributed by atoms with Crippen molar-refractivity contribution in [1.29, 1.82) is 0 Å². The molecule has 5 fully saturated rings. The van der Waals surface area contributed by atoms with E-state index < -0.39 is 23.6 Å². The number of nitrogens with one attached hydrogen (secondary N) is 1. The second-order valence-electron chi connectivity index (χ2n) is 12.0. The van der Waals surface area contributed by atoms with Crippen molar-refractivity contribution in [2.24, 2.45) is 11.3 Å². The van der Waals surface area contributed by atoms with Crippen molar-refractivity contribution < 1.29 is 14.7 Å². The zero-order valence-electron chi connectivity index (χ0n) is 20.3. The highest BCUT2D eigenvalue weighted by Crippen LogP contribution is 2.40. The summed E-state index contributed by atoms with van der Waals surface area (Å²) in [6.45, 7) is 11.3. The number of fused-ring (bicyclic) bond motifs is 3. The van der Waals surface area contributed by atoms with E-state index in [2.05, 4.69) is 27.5 Å². The van der Waals surface area contributed by atoms with E-state index in [1.165, 1.54) is 0 Å². The van der Waals surface area contributed by atoms with Gasteiger partial charge in [-0.2, -0.15) is 0 Å². The van der Waals surface area contributed by atoms with E-state index in [4.69, 9.17) is 0 Å². The van der Waals surface area contributed by atoms with Gasteiger partial charge < -0.3 is 20.2 Å². The van der Waals surface area contributed by atoms with Crippen molar-refractivity contribution in [3.63, 3.8) is 0 Å². The van der Waals surface area contributed by atoms with Crippen LogP contribution in [0.4, 0.5) is 0 Å². The molecule has 33 heavy (non-hydrogen) atoms. The molecule has 5 heterocycles. The Bertz CT molecular complexity index is 914. The van der Waals surface area contributed by atoms with Gasteiger partial charge in [-0.1, -0.05) is 26.0 Å². The van der Waals surface area contributed by atoms with Gasteiger partial charge in [0.2, 0.25) is 11.8 Å². The third-order valence-electron chi connectivity index (χ3n) is 8.16. The highest BCUT2D eigenvalue weighted by Gasteiger charge is 2.49. The first-order valence-corrected chi connectivity index (χ1v) is 12.5. The van der Waals surface area contributed by atoms with Gasteiger partial charge in [0.25, 0.3) is 0 Å². The lowest BCUT2D eigenvalue weighted by molar-refractivity contribution is -0.145. The zero-order chi connectivity index (χ0) is 23.5. The Labute approximate surface area is 195 Å². The Morgan fingerprint density at radius 1 is 1.21 bits per heavy atom. The molecule has 2 N–H and O–H groups in total. The summed E-state index contributed by atoms with van der Waals surface area (Å²) in [5.74, 6) is 0.579. The van der Waals surface area contributed by atoms with E-state index in [0.29, 0.717) is 11.8 Å². The Kier molecular flexibility index (Phi) is 5.55. The monoisotopic (exact) mass is 458 g/mol. The number of likely N-dealkylation sites (tertiary alicyclic amines) is 1. The number of aliphatic hydroxyl groups excluding tert-OH is 1. The fraction of sp³-hybridized carbons (Fsp3) is 0.833. The summed E-state index contributed by atoms with van der Waals surface area (Å²) in [5.41, 5.74) is 0.217. The van der Waals surface area contributed by atoms with Crippen LogP contribution < -0.4 is 5.32 Å². The van der Waals surface area contributed by atoms with Crippen molar-refractivity contribution in [3.8, 4) is 0 Å². The van der Waals surface area contributed by atoms with Gasteiger partial charge in [-0.05, 0) is 57.0 Å². The lowest BCUT2D eigenvalue weighted by atomic mass is 9.74. The summed E-state index contributed by atoms with van der Waals surface area (Å²) in [5, 5.41) is 22.4. The summed E-state index contributed by atoms with van der Waals surface area (Å²) in [6.07, 6.45) is 5.87. The minimum Gasteiger partial charge on any atom is -0.391 e. The topological polar surface area (TPSA) is 104 Å². The molecule has 2 amide bonds. The first kappa shape index (κ1) is 22.8. The molecule has 4 saturated heterocycles. The summed E-state index contributed by atoms with van der Waals surface area (Å²) < 4.78 is 1.67. The van der Waals surface area contributed by atoms with Crippen LogP contribution in [0.15, 0.2) is 6.20 Å². The molecule has 182 valence electrons. The van der Waals surface area contributed by atoms with Crippen LogP contribution in [-0.4, -0.2) is 85.6 Å². The maximum atomic E-state index is 13.9. The summed E-state index contributed by atoms with van der Waals surface area (Å²) in [6, 6.07) is -1.26. The number of carbonyl (C=O) groups is 2. The molecule has 9 heteroatoms. The van der Waals surface area contributed by atoms with Crippen LogP contribution >= 0.6 is 0 Å². The molecule has 1 aromatic rings. The van der Waals surface area contributed by atoms with Gasteiger partial charge in [0.1, 0.15) is 12.1 Å². The van der Waals surface area contributed by atoms with Crippen molar-refractivity contribution in [2.75, 3.05) is 26.2 Å². The molecule has 9 nitrogen and oxygen atoms in total. The van der Waals surface area contributed by atoms with Crippen LogP contribution in [0.1, 0.15) is 77.5 Å². The predicted octanol–water partition coefficient (Wildman–Crippen LogP) is 1.30. The fourth-order valence-corrected chi connectivity index (χ4v) is 6.15. The first-order chi connectivity index (χ1) is 15.5. The van der Waals surface area contributed by atoms with E-state index in [1.54, 1.807) is 9.58 Å². The van der Waals surface area contributed by atoms with Crippen molar-refractivity contribution in [1.82, 2.24) is 30.1 Å². The number of rotatable bonds is 5. The Morgan fingerprint density at radius 2 is 1.91 bits per heavy atom. The second kappa shape index (κ2) is 8.05. The van der Waals surface area contributed by atoms with Crippen LogP contribution in [0.25, 0.3) is 0 Å². The van der Waals surface area contributed by atoms with E-state index in [0.717, 1.165) is 51.0 Å². The highest BCUT2D eigenvalue weighted by atomic mass is 16.3. The van der Waals surface area contributed by atoms with Gasteiger partial charge in [0, 0.05) is 31.6 Å². The number of hydrogen-bond acceptors (Lipinski definition) is 6. The number of nitrogens with zero attached hydrogens (tertiary/aromatic N) is 5. The van der Waals surface area contributed by atoms with E-state index in [-0.39, 0.29) is 30.3 Å². The highest BCUT2D eigenvalue weighted by molar-refractivity contribution is 5.90. The summed E-state index contributed by atoms with van der Waals surface area (Å²) >= 11 is 0. The molecule has 3 unspecified atom stereocenters. The molecule has 1 saturated carbocycles. The Balaban J connectivity index is 1.36. The minimum atomic E-state index is -0.706. The van der Waals surface area contributed by atoms with Crippen molar-refractivity contribution in [2.45, 2.75) is 89.4 Å². The average molecular weight is 459 g/mol. The maximum Gasteiger partial charge on any atom is 0.248 e. The quantitative estimate of drug-likeness (QED) is 0.690. The Morgan fingerprint density at radius 3 is 2.48 bits per heavy atom. The van der Waals surface area contributed by atoms with Crippen LogP contribution in [-0.2, 0) is 9.59 Å². The normalized spacial score (nSPS) is 35.0. The molecule has 4 atom stereocenters. The third kappa shape index (κ3) is 4.30. The molecule has 5 aliphatic rings. The number of aliphatic hydroxyl groups is 1. The summed E-state index contributed by atoms with van der Waals surface area (Å²) in [7, 11) is 0. The molecule has 2 bridgehead atoms. The van der Waals surface area contributed by atoms with E-state index in [1.807, 2.05) is 27.0 Å². The predicted molar refractivity (Wildman–Crippen MR) is 122 cm³/mol. The number of piperidine rings is 3. The van der Waals surface area contributed by atoms with Crippen LogP contribution in [0.3, 0.4) is 0 Å². The Hall–Kier alpha value is -2.00. The van der Waals surface area contributed by atoms with Gasteiger partial charge >= 0.3 is 0 Å². The standard InChI is InChI=1S/C24H38N6O3/c1-23(2,3)20(30-13-18(26-27-30)15-5-6-15)22(33)29-12-17(31)11-19(29)21(32)25-24(4)14-28-9-7-16(24)8-10-28/h13,15-17,19-20,31H,5-12,14H2,1-4H3,(H,25,32)/t17?,19?,20-,24?/m1/s1. The van der Waals surface area contributed by atoms with Gasteiger partial charge in [-0.15, -0.1) is 5.10 Å². The van der Waals surface area contributed by atoms with Crippen molar-refractivity contribution in [3.05, 3.63) is 11.9 Å². The molecule has 0 spiro atoms. The molecule has 1 aliphatic carbocycles. The van der Waals surface area contributed by atoms with E-state index >= 15 is 0 Å². The maximum absolute atomic E-state index is 13.9. The smallest absolute Gasteiger partial charge is 0.248 e.